The van der Waals surface area contributed by atoms with Crippen molar-refractivity contribution in [2.24, 2.45) is 11.7 Å². The zero-order valence-corrected chi connectivity index (χ0v) is 21.2. The second-order valence-corrected chi connectivity index (χ2v) is 9.39. The summed E-state index contributed by atoms with van der Waals surface area (Å²) in [5.74, 6) is -0.113. The van der Waals surface area contributed by atoms with Gasteiger partial charge >= 0.3 is 5.97 Å². The number of aliphatic hydroxyl groups excluding tert-OH is 1. The Morgan fingerprint density at radius 1 is 1.09 bits per heavy atom. The normalized spacial score (nSPS) is 19.2. The number of rotatable bonds is 8. The number of carboxylic acids is 1. The van der Waals surface area contributed by atoms with E-state index in [-0.39, 0.29) is 17.9 Å². The lowest BCUT2D eigenvalue weighted by Crippen LogP contribution is -2.51. The number of hydrogen-bond acceptors (Lipinski definition) is 4. The molecule has 3 rings (SSSR count). The van der Waals surface area contributed by atoms with Gasteiger partial charge in [-0.2, -0.15) is 0 Å². The number of aryl methyl sites for hydroxylation is 1. The molecule has 188 valence electrons. The van der Waals surface area contributed by atoms with Crippen LogP contribution in [0.4, 0.5) is 0 Å². The van der Waals surface area contributed by atoms with Gasteiger partial charge in [0.25, 0.3) is 0 Å². The molecule has 6 heteroatoms. The van der Waals surface area contributed by atoms with Crippen molar-refractivity contribution in [2.45, 2.75) is 103 Å². The Bertz CT molecular complexity index is 725. The number of aliphatic carboxylic acids is 1. The minimum Gasteiger partial charge on any atom is -0.481 e. The molecule has 1 aromatic carbocycles. The summed E-state index contributed by atoms with van der Waals surface area (Å²) in [6, 6.07) is 6.11. The van der Waals surface area contributed by atoms with E-state index in [4.69, 9.17) is 15.9 Å². The van der Waals surface area contributed by atoms with E-state index in [1.54, 1.807) is 0 Å². The van der Waals surface area contributed by atoms with Crippen LogP contribution in [-0.2, 0) is 16.6 Å². The van der Waals surface area contributed by atoms with Gasteiger partial charge in [0.2, 0.25) is 5.91 Å². The van der Waals surface area contributed by atoms with Crippen molar-refractivity contribution >= 4 is 11.9 Å². The predicted molar refractivity (Wildman–Crippen MR) is 135 cm³/mol. The van der Waals surface area contributed by atoms with Crippen molar-refractivity contribution in [2.75, 3.05) is 13.7 Å². The standard InChI is InChI=1S/C19H28N2O3.C7H14.CH4O/c1-3-19(4-2)15-12-14(18(20)24)8-7-13(15)9-10-16(19)21-11-5-6-17(22)23;1-7-5-3-2-4-6-7;1-2/h7-8,12,16,21H,3-6,9-11H2,1-2H3,(H2,20,24)(H,22,23);7H,2-6H2,1H3;2H,1H3. The quantitative estimate of drug-likeness (QED) is 0.414. The lowest BCUT2D eigenvalue weighted by Gasteiger charge is -2.45. The fourth-order valence-electron chi connectivity index (χ4n) is 5.42. The van der Waals surface area contributed by atoms with Crippen LogP contribution in [0.15, 0.2) is 18.2 Å². The monoisotopic (exact) mass is 462 g/mol. The summed E-state index contributed by atoms with van der Waals surface area (Å²) < 4.78 is 0. The van der Waals surface area contributed by atoms with Gasteiger partial charge in [0.1, 0.15) is 0 Å². The Morgan fingerprint density at radius 2 is 1.73 bits per heavy atom. The molecular formula is C27H46N2O4. The maximum Gasteiger partial charge on any atom is 0.303 e. The summed E-state index contributed by atoms with van der Waals surface area (Å²) in [7, 11) is 1.00. The van der Waals surface area contributed by atoms with Gasteiger partial charge in [0.05, 0.1) is 0 Å². The number of nitrogens with two attached hydrogens (primary N) is 1. The Morgan fingerprint density at radius 3 is 2.21 bits per heavy atom. The molecule has 2 aliphatic rings. The van der Waals surface area contributed by atoms with E-state index < -0.39 is 11.9 Å². The molecule has 1 atom stereocenters. The number of benzene rings is 1. The van der Waals surface area contributed by atoms with Gasteiger partial charge in [-0.05, 0) is 67.8 Å². The van der Waals surface area contributed by atoms with Gasteiger partial charge in [-0.25, -0.2) is 0 Å². The van der Waals surface area contributed by atoms with Crippen LogP contribution in [0.1, 0.15) is 106 Å². The number of aliphatic hydroxyl groups is 1. The van der Waals surface area contributed by atoms with Crippen molar-refractivity contribution in [3.63, 3.8) is 0 Å². The molecule has 0 saturated heterocycles. The third-order valence-corrected chi connectivity index (χ3v) is 7.41. The number of carbonyl (C=O) groups excluding carboxylic acids is 1. The number of carboxylic acid groups (broad SMARTS) is 1. The average molecular weight is 463 g/mol. The minimum absolute atomic E-state index is 0.0394. The van der Waals surface area contributed by atoms with Crippen molar-refractivity contribution < 1.29 is 19.8 Å². The van der Waals surface area contributed by atoms with Crippen molar-refractivity contribution in [3.8, 4) is 0 Å². The summed E-state index contributed by atoms with van der Waals surface area (Å²) >= 11 is 0. The van der Waals surface area contributed by atoms with Crippen LogP contribution >= 0.6 is 0 Å². The lowest BCUT2D eigenvalue weighted by atomic mass is 9.63. The molecule has 2 aliphatic carbocycles. The van der Waals surface area contributed by atoms with Crippen LogP contribution < -0.4 is 11.1 Å². The molecule has 1 saturated carbocycles. The Balaban J connectivity index is 0.000000508. The van der Waals surface area contributed by atoms with E-state index >= 15 is 0 Å². The molecule has 0 aromatic heterocycles. The van der Waals surface area contributed by atoms with Crippen LogP contribution in [0.5, 0.6) is 0 Å². The third-order valence-electron chi connectivity index (χ3n) is 7.41. The van der Waals surface area contributed by atoms with Crippen LogP contribution in [0.3, 0.4) is 0 Å². The molecule has 0 aliphatic heterocycles. The number of primary amides is 1. The Hall–Kier alpha value is -1.92. The van der Waals surface area contributed by atoms with Gasteiger partial charge < -0.3 is 21.3 Å². The van der Waals surface area contributed by atoms with E-state index in [1.165, 1.54) is 43.2 Å². The van der Waals surface area contributed by atoms with Crippen LogP contribution in [0.2, 0.25) is 0 Å². The van der Waals surface area contributed by atoms with E-state index in [1.807, 2.05) is 18.2 Å². The van der Waals surface area contributed by atoms with Gasteiger partial charge in [-0.15, -0.1) is 0 Å². The third kappa shape index (κ3) is 8.42. The smallest absolute Gasteiger partial charge is 0.303 e. The first-order valence-electron chi connectivity index (χ1n) is 12.7. The highest BCUT2D eigenvalue weighted by molar-refractivity contribution is 5.93. The summed E-state index contributed by atoms with van der Waals surface area (Å²) in [4.78, 5) is 22.3. The maximum absolute atomic E-state index is 11.6. The van der Waals surface area contributed by atoms with Gasteiger partial charge in [0.15, 0.2) is 0 Å². The second kappa shape index (κ2) is 15.1. The first-order chi connectivity index (χ1) is 15.8. The average Bonchev–Trinajstić information content (AvgIpc) is 2.83. The summed E-state index contributed by atoms with van der Waals surface area (Å²) in [5.41, 5.74) is 8.52. The van der Waals surface area contributed by atoms with E-state index in [0.717, 1.165) is 38.7 Å². The lowest BCUT2D eigenvalue weighted by molar-refractivity contribution is -0.137. The Labute approximate surface area is 200 Å². The molecule has 6 nitrogen and oxygen atoms in total. The fraction of sp³-hybridized carbons (Fsp3) is 0.704. The molecule has 0 bridgehead atoms. The van der Waals surface area contributed by atoms with Crippen LogP contribution in [-0.4, -0.2) is 41.8 Å². The van der Waals surface area contributed by atoms with E-state index in [0.29, 0.717) is 18.5 Å². The molecule has 0 spiro atoms. The highest BCUT2D eigenvalue weighted by atomic mass is 16.4. The zero-order valence-electron chi connectivity index (χ0n) is 21.2. The first kappa shape index (κ1) is 29.1. The van der Waals surface area contributed by atoms with Crippen LogP contribution in [0, 0.1) is 5.92 Å². The SMILES string of the molecule is CC1CCCCC1.CCC1(CC)c2cc(C(N)=O)ccc2CCC1NCCCC(=O)O.CO. The molecule has 0 radical (unpaired) electrons. The van der Waals surface area contributed by atoms with E-state index in [9.17, 15) is 9.59 Å². The molecular weight excluding hydrogens is 416 g/mol. The van der Waals surface area contributed by atoms with Crippen molar-refractivity contribution in [1.82, 2.24) is 5.32 Å². The molecule has 1 fully saturated rings. The summed E-state index contributed by atoms with van der Waals surface area (Å²) in [6.45, 7) is 7.42. The number of carbonyl (C=O) groups is 2. The van der Waals surface area contributed by atoms with Crippen molar-refractivity contribution in [1.29, 1.82) is 0 Å². The summed E-state index contributed by atoms with van der Waals surface area (Å²) in [6.07, 6.45) is 12.2. The molecule has 1 amide bonds. The fourth-order valence-corrected chi connectivity index (χ4v) is 5.42. The highest BCUT2D eigenvalue weighted by Crippen LogP contribution is 2.43. The minimum atomic E-state index is -0.755. The number of hydrogen-bond donors (Lipinski definition) is 4. The van der Waals surface area contributed by atoms with Gasteiger partial charge in [-0.1, -0.05) is 58.9 Å². The highest BCUT2D eigenvalue weighted by Gasteiger charge is 2.41. The topological polar surface area (TPSA) is 113 Å². The molecule has 0 heterocycles. The summed E-state index contributed by atoms with van der Waals surface area (Å²) in [5, 5.41) is 19.4. The van der Waals surface area contributed by atoms with Gasteiger partial charge in [0, 0.05) is 30.6 Å². The molecule has 1 unspecified atom stereocenters. The van der Waals surface area contributed by atoms with Gasteiger partial charge in [-0.3, -0.25) is 9.59 Å². The molecule has 33 heavy (non-hydrogen) atoms. The number of fused-ring (bicyclic) bond motifs is 1. The van der Waals surface area contributed by atoms with E-state index in [2.05, 4.69) is 26.1 Å². The van der Waals surface area contributed by atoms with Crippen LogP contribution in [0.25, 0.3) is 0 Å². The predicted octanol–water partition coefficient (Wildman–Crippen LogP) is 4.81. The number of nitrogens with one attached hydrogen (secondary N) is 1. The molecule has 1 aromatic rings. The second-order valence-electron chi connectivity index (χ2n) is 9.39. The first-order valence-corrected chi connectivity index (χ1v) is 12.7. The number of amides is 1. The molecule has 5 N–H and O–H groups in total. The zero-order chi connectivity index (χ0) is 24.9. The maximum atomic E-state index is 11.6. The Kier molecular flexibility index (Phi) is 13.3. The largest absolute Gasteiger partial charge is 0.481 e. The van der Waals surface area contributed by atoms with Crippen molar-refractivity contribution in [3.05, 3.63) is 34.9 Å².